The van der Waals surface area contributed by atoms with Crippen LogP contribution in [0.25, 0.3) is 0 Å². The summed E-state index contributed by atoms with van der Waals surface area (Å²) in [6, 6.07) is 4.97. The molecule has 1 heterocycles. The molecule has 1 amide bonds. The van der Waals surface area contributed by atoms with Crippen molar-refractivity contribution in [3.05, 3.63) is 46.4 Å². The number of nitrogens with zero attached hydrogens (tertiary/aromatic N) is 2. The number of rotatable bonds is 2. The SMILES string of the molecule is CC1=C(Cc2ccc(C)cc2F)C(=O)N=N1. The van der Waals surface area contributed by atoms with Gasteiger partial charge in [-0.25, -0.2) is 4.39 Å². The van der Waals surface area contributed by atoms with E-state index in [2.05, 4.69) is 10.2 Å². The Balaban J connectivity index is 2.29. The molecule has 0 saturated heterocycles. The molecule has 0 radical (unpaired) electrons. The number of amides is 1. The molecule has 0 atom stereocenters. The van der Waals surface area contributed by atoms with E-state index in [1.807, 2.05) is 13.0 Å². The van der Waals surface area contributed by atoms with E-state index < -0.39 is 0 Å². The number of hydrogen-bond acceptors (Lipinski definition) is 2. The normalized spacial score (nSPS) is 15.1. The summed E-state index contributed by atoms with van der Waals surface area (Å²) in [5.41, 5.74) is 2.41. The first-order chi connectivity index (χ1) is 7.58. The number of hydrogen-bond donors (Lipinski definition) is 0. The van der Waals surface area contributed by atoms with Crippen molar-refractivity contribution in [2.24, 2.45) is 10.2 Å². The number of allylic oxidation sites excluding steroid dienone is 1. The van der Waals surface area contributed by atoms with Crippen LogP contribution in [0.4, 0.5) is 4.39 Å². The molecule has 16 heavy (non-hydrogen) atoms. The number of azo groups is 1. The molecule has 1 aliphatic rings. The van der Waals surface area contributed by atoms with Gasteiger partial charge in [0.15, 0.2) is 0 Å². The Hall–Kier alpha value is -1.84. The predicted octanol–water partition coefficient (Wildman–Crippen LogP) is 2.94. The Labute approximate surface area is 92.7 Å². The molecule has 0 N–H and O–H groups in total. The van der Waals surface area contributed by atoms with Gasteiger partial charge in [0.1, 0.15) is 5.82 Å². The van der Waals surface area contributed by atoms with Crippen molar-refractivity contribution in [2.75, 3.05) is 0 Å². The highest BCUT2D eigenvalue weighted by molar-refractivity contribution is 5.96. The molecule has 1 aromatic rings. The van der Waals surface area contributed by atoms with Gasteiger partial charge in [0.05, 0.1) is 5.70 Å². The quantitative estimate of drug-likeness (QED) is 0.752. The summed E-state index contributed by atoms with van der Waals surface area (Å²) in [4.78, 5) is 11.3. The highest BCUT2D eigenvalue weighted by Gasteiger charge is 2.19. The second-order valence-corrected chi connectivity index (χ2v) is 3.84. The zero-order valence-electron chi connectivity index (χ0n) is 9.12. The van der Waals surface area contributed by atoms with E-state index in [4.69, 9.17) is 0 Å². The summed E-state index contributed by atoms with van der Waals surface area (Å²) in [5, 5.41) is 7.11. The van der Waals surface area contributed by atoms with Gasteiger partial charge in [-0.3, -0.25) is 4.79 Å². The van der Waals surface area contributed by atoms with E-state index in [1.54, 1.807) is 13.0 Å². The fourth-order valence-electron chi connectivity index (χ4n) is 1.59. The lowest BCUT2D eigenvalue weighted by atomic mass is 10.0. The molecule has 1 aromatic carbocycles. The third-order valence-electron chi connectivity index (χ3n) is 2.56. The third kappa shape index (κ3) is 1.91. The lowest BCUT2D eigenvalue weighted by Gasteiger charge is -2.04. The average Bonchev–Trinajstić information content (AvgIpc) is 2.53. The Kier molecular flexibility index (Phi) is 2.64. The van der Waals surface area contributed by atoms with Gasteiger partial charge < -0.3 is 0 Å². The molecule has 0 bridgehead atoms. The second kappa shape index (κ2) is 3.96. The monoisotopic (exact) mass is 218 g/mol. The Morgan fingerprint density at radius 2 is 2.00 bits per heavy atom. The van der Waals surface area contributed by atoms with Gasteiger partial charge >= 0.3 is 0 Å². The van der Waals surface area contributed by atoms with Crippen LogP contribution in [0.5, 0.6) is 0 Å². The maximum absolute atomic E-state index is 13.6. The molecule has 1 aliphatic heterocycles. The summed E-state index contributed by atoms with van der Waals surface area (Å²) in [6.45, 7) is 3.53. The van der Waals surface area contributed by atoms with Crippen molar-refractivity contribution in [1.29, 1.82) is 0 Å². The van der Waals surface area contributed by atoms with Crippen LogP contribution in [0.15, 0.2) is 39.7 Å². The zero-order valence-corrected chi connectivity index (χ0v) is 9.12. The smallest absolute Gasteiger partial charge is 0.265 e. The van der Waals surface area contributed by atoms with Gasteiger partial charge in [-0.2, -0.15) is 5.11 Å². The first-order valence-corrected chi connectivity index (χ1v) is 4.99. The van der Waals surface area contributed by atoms with Crippen molar-refractivity contribution < 1.29 is 9.18 Å². The van der Waals surface area contributed by atoms with Gasteiger partial charge in [-0.15, -0.1) is 5.11 Å². The van der Waals surface area contributed by atoms with E-state index in [1.165, 1.54) is 6.07 Å². The van der Waals surface area contributed by atoms with Gasteiger partial charge in [-0.1, -0.05) is 12.1 Å². The van der Waals surface area contributed by atoms with Gasteiger partial charge in [-0.05, 0) is 31.0 Å². The first-order valence-electron chi connectivity index (χ1n) is 4.99. The van der Waals surface area contributed by atoms with E-state index in [9.17, 15) is 9.18 Å². The van der Waals surface area contributed by atoms with Gasteiger partial charge in [0.25, 0.3) is 5.91 Å². The standard InChI is InChI=1S/C12H11FN2O/c1-7-3-4-9(11(13)5-7)6-10-8(2)14-15-12(10)16/h3-5H,6H2,1-2H3. The lowest BCUT2D eigenvalue weighted by molar-refractivity contribution is -0.114. The highest BCUT2D eigenvalue weighted by Crippen LogP contribution is 2.22. The molecule has 2 rings (SSSR count). The van der Waals surface area contributed by atoms with Crippen LogP contribution in [0.2, 0.25) is 0 Å². The maximum atomic E-state index is 13.6. The number of aryl methyl sites for hydroxylation is 1. The molecule has 0 aromatic heterocycles. The van der Waals surface area contributed by atoms with Crippen LogP contribution < -0.4 is 0 Å². The number of benzene rings is 1. The summed E-state index contributed by atoms with van der Waals surface area (Å²) in [5.74, 6) is -0.655. The maximum Gasteiger partial charge on any atom is 0.293 e. The van der Waals surface area contributed by atoms with Crippen molar-refractivity contribution in [3.8, 4) is 0 Å². The van der Waals surface area contributed by atoms with Gasteiger partial charge in [0.2, 0.25) is 0 Å². The average molecular weight is 218 g/mol. The van der Waals surface area contributed by atoms with Crippen LogP contribution >= 0.6 is 0 Å². The van der Waals surface area contributed by atoms with Crippen molar-refractivity contribution >= 4 is 5.91 Å². The van der Waals surface area contributed by atoms with E-state index in [0.29, 0.717) is 16.8 Å². The number of carbonyl (C=O) groups excluding carboxylic acids is 1. The number of carbonyl (C=O) groups is 1. The molecule has 0 unspecified atom stereocenters. The van der Waals surface area contributed by atoms with Crippen LogP contribution in [-0.4, -0.2) is 5.91 Å². The van der Waals surface area contributed by atoms with E-state index in [0.717, 1.165) is 5.56 Å². The summed E-state index contributed by atoms with van der Waals surface area (Å²) in [6.07, 6.45) is 0.254. The highest BCUT2D eigenvalue weighted by atomic mass is 19.1. The first kappa shape index (κ1) is 10.7. The van der Waals surface area contributed by atoms with Crippen LogP contribution in [0.3, 0.4) is 0 Å². The van der Waals surface area contributed by atoms with Crippen molar-refractivity contribution in [3.63, 3.8) is 0 Å². The van der Waals surface area contributed by atoms with Gasteiger partial charge in [0, 0.05) is 12.0 Å². The number of halogens is 1. The molecule has 82 valence electrons. The Morgan fingerprint density at radius 1 is 1.25 bits per heavy atom. The zero-order chi connectivity index (χ0) is 11.7. The van der Waals surface area contributed by atoms with Crippen molar-refractivity contribution in [1.82, 2.24) is 0 Å². The largest absolute Gasteiger partial charge is 0.293 e. The van der Waals surface area contributed by atoms with Crippen molar-refractivity contribution in [2.45, 2.75) is 20.3 Å². The molecule has 4 heteroatoms. The fraction of sp³-hybridized carbons (Fsp3) is 0.250. The predicted molar refractivity (Wildman–Crippen MR) is 57.4 cm³/mol. The minimum atomic E-state index is -0.363. The van der Waals surface area contributed by atoms with E-state index >= 15 is 0 Å². The summed E-state index contributed by atoms with van der Waals surface area (Å²) in [7, 11) is 0. The lowest BCUT2D eigenvalue weighted by Crippen LogP contribution is -2.02. The molecule has 0 fully saturated rings. The fourth-order valence-corrected chi connectivity index (χ4v) is 1.59. The van der Waals surface area contributed by atoms with Crippen LogP contribution in [0.1, 0.15) is 18.1 Å². The molecule has 0 spiro atoms. The minimum Gasteiger partial charge on any atom is -0.265 e. The topological polar surface area (TPSA) is 41.8 Å². The van der Waals surface area contributed by atoms with Crippen LogP contribution in [0, 0.1) is 12.7 Å². The minimum absolute atomic E-state index is 0.254. The molecular formula is C12H11FN2O. The molecular weight excluding hydrogens is 207 g/mol. The Bertz CT molecular complexity index is 518. The van der Waals surface area contributed by atoms with Crippen LogP contribution in [-0.2, 0) is 11.2 Å². The third-order valence-corrected chi connectivity index (χ3v) is 2.56. The molecule has 3 nitrogen and oxygen atoms in total. The molecule has 0 aliphatic carbocycles. The second-order valence-electron chi connectivity index (χ2n) is 3.84. The molecule has 0 saturated carbocycles. The van der Waals surface area contributed by atoms with E-state index in [-0.39, 0.29) is 18.1 Å². The summed E-state index contributed by atoms with van der Waals surface area (Å²) >= 11 is 0. The summed E-state index contributed by atoms with van der Waals surface area (Å²) < 4.78 is 13.6. The Morgan fingerprint density at radius 3 is 2.56 bits per heavy atom.